The van der Waals surface area contributed by atoms with Crippen LogP contribution in [0.15, 0.2) is 41.9 Å². The lowest BCUT2D eigenvalue weighted by Crippen LogP contribution is -2.51. The first-order chi connectivity index (χ1) is 12.4. The Morgan fingerprint density at radius 2 is 2.04 bits per heavy atom. The molecule has 1 heterocycles. The second kappa shape index (κ2) is 9.37. The molecule has 9 heteroatoms. The first-order valence-electron chi connectivity index (χ1n) is 7.82. The number of hydrogen-bond donors (Lipinski definition) is 3. The summed E-state index contributed by atoms with van der Waals surface area (Å²) in [6.45, 7) is -0.298. The zero-order valence-corrected chi connectivity index (χ0v) is 14.9. The smallest absolute Gasteiger partial charge is 0.334 e. The zero-order valence-electron chi connectivity index (χ0n) is 14.1. The van der Waals surface area contributed by atoms with Crippen molar-refractivity contribution in [1.82, 2.24) is 10.2 Å². The highest BCUT2D eigenvalue weighted by Gasteiger charge is 2.31. The number of carboxylic acid groups (broad SMARTS) is 1. The van der Waals surface area contributed by atoms with Crippen LogP contribution in [-0.2, 0) is 25.5 Å². The van der Waals surface area contributed by atoms with Gasteiger partial charge in [-0.3, -0.25) is 9.59 Å². The topological polar surface area (TPSA) is 116 Å². The monoisotopic (exact) mass is 380 g/mol. The number of nitrogens with zero attached hydrogens (tertiary/aromatic N) is 1. The van der Waals surface area contributed by atoms with Crippen LogP contribution in [0.25, 0.3) is 0 Å². The largest absolute Gasteiger partial charge is 0.479 e. The van der Waals surface area contributed by atoms with Crippen molar-refractivity contribution in [3.05, 3.63) is 47.5 Å². The van der Waals surface area contributed by atoms with E-state index in [4.69, 9.17) is 9.84 Å². The molecule has 0 bridgehead atoms. The minimum Gasteiger partial charge on any atom is -0.479 e. The van der Waals surface area contributed by atoms with E-state index >= 15 is 0 Å². The number of rotatable bonds is 8. The number of amides is 2. The average Bonchev–Trinajstić information content (AvgIpc) is 2.63. The van der Waals surface area contributed by atoms with Crippen molar-refractivity contribution in [3.8, 4) is 0 Å². The Bertz CT molecular complexity index is 681. The number of aliphatic hydroxyl groups is 1. The van der Waals surface area contributed by atoms with Crippen LogP contribution in [0.1, 0.15) is 5.56 Å². The molecule has 8 nitrogen and oxygen atoms in total. The minimum absolute atomic E-state index is 0.139. The van der Waals surface area contributed by atoms with E-state index in [1.165, 1.54) is 30.0 Å². The zero-order chi connectivity index (χ0) is 19.1. The van der Waals surface area contributed by atoms with Crippen molar-refractivity contribution in [2.24, 2.45) is 0 Å². The van der Waals surface area contributed by atoms with Gasteiger partial charge in [0.15, 0.2) is 11.5 Å². The van der Waals surface area contributed by atoms with Gasteiger partial charge < -0.3 is 25.2 Å². The molecule has 3 N–H and O–H groups in total. The molecule has 2 unspecified atom stereocenters. The fourth-order valence-electron chi connectivity index (χ4n) is 2.42. The summed E-state index contributed by atoms with van der Waals surface area (Å²) in [6.07, 6.45) is -0.170. The maximum absolute atomic E-state index is 12.3. The highest BCUT2D eigenvalue weighted by Crippen LogP contribution is 2.21. The SMILES string of the molecule is COC1SC=CN(CC(=O)N[C@@H](Cc2ccccc2)C(O)C(=O)O)C1=O. The van der Waals surface area contributed by atoms with Crippen molar-refractivity contribution < 1.29 is 29.3 Å². The van der Waals surface area contributed by atoms with Crippen LogP contribution < -0.4 is 5.32 Å². The van der Waals surface area contributed by atoms with Gasteiger partial charge in [-0.05, 0) is 17.4 Å². The highest BCUT2D eigenvalue weighted by molar-refractivity contribution is 8.03. The van der Waals surface area contributed by atoms with E-state index in [-0.39, 0.29) is 18.9 Å². The van der Waals surface area contributed by atoms with Gasteiger partial charge in [-0.1, -0.05) is 42.1 Å². The molecule has 0 aromatic heterocycles. The number of carbonyl (C=O) groups is 3. The molecule has 1 aliphatic heterocycles. The second-order valence-electron chi connectivity index (χ2n) is 5.60. The Hall–Kier alpha value is -2.36. The van der Waals surface area contributed by atoms with E-state index in [1.54, 1.807) is 29.7 Å². The summed E-state index contributed by atoms with van der Waals surface area (Å²) in [4.78, 5) is 36.7. The van der Waals surface area contributed by atoms with Crippen LogP contribution in [0.4, 0.5) is 0 Å². The number of ether oxygens (including phenoxy) is 1. The lowest BCUT2D eigenvalue weighted by atomic mass is 10.0. The van der Waals surface area contributed by atoms with Crippen molar-refractivity contribution in [2.45, 2.75) is 24.0 Å². The number of hydrogen-bond acceptors (Lipinski definition) is 6. The van der Waals surface area contributed by atoms with Crippen LogP contribution >= 0.6 is 11.8 Å². The molecule has 0 saturated carbocycles. The Labute approximate surface area is 154 Å². The van der Waals surface area contributed by atoms with E-state index in [0.29, 0.717) is 0 Å². The summed E-state index contributed by atoms with van der Waals surface area (Å²) in [5.41, 5.74) is 0.0421. The molecular formula is C17H20N2O6S. The molecule has 0 spiro atoms. The quantitative estimate of drug-likeness (QED) is 0.589. The van der Waals surface area contributed by atoms with Gasteiger partial charge in [-0.2, -0.15) is 0 Å². The minimum atomic E-state index is -1.77. The van der Waals surface area contributed by atoms with Gasteiger partial charge in [0.1, 0.15) is 6.54 Å². The Morgan fingerprint density at radius 1 is 1.35 bits per heavy atom. The Balaban J connectivity index is 2.03. The molecule has 3 atom stereocenters. The summed E-state index contributed by atoms with van der Waals surface area (Å²) >= 11 is 1.18. The Kier molecular flexibility index (Phi) is 7.19. The second-order valence-corrected chi connectivity index (χ2v) is 6.57. The van der Waals surface area contributed by atoms with Crippen molar-refractivity contribution in [2.75, 3.05) is 13.7 Å². The third-order valence-electron chi connectivity index (χ3n) is 3.73. The fourth-order valence-corrected chi connectivity index (χ4v) is 3.15. The molecule has 0 radical (unpaired) electrons. The van der Waals surface area contributed by atoms with Crippen LogP contribution in [0, 0.1) is 0 Å². The van der Waals surface area contributed by atoms with Crippen LogP contribution in [0.3, 0.4) is 0 Å². The number of methoxy groups -OCH3 is 1. The van der Waals surface area contributed by atoms with Crippen molar-refractivity contribution in [1.29, 1.82) is 0 Å². The first-order valence-corrected chi connectivity index (χ1v) is 8.76. The number of carboxylic acids is 1. The maximum Gasteiger partial charge on any atom is 0.334 e. The molecule has 0 aliphatic carbocycles. The van der Waals surface area contributed by atoms with Gasteiger partial charge >= 0.3 is 5.97 Å². The van der Waals surface area contributed by atoms with Crippen molar-refractivity contribution in [3.63, 3.8) is 0 Å². The Morgan fingerprint density at radius 3 is 2.65 bits per heavy atom. The van der Waals surface area contributed by atoms with E-state index in [0.717, 1.165) is 5.56 Å². The first kappa shape index (κ1) is 20.0. The van der Waals surface area contributed by atoms with Crippen LogP contribution in [0.2, 0.25) is 0 Å². The predicted octanol–water partition coefficient (Wildman–Crippen LogP) is 0.178. The number of thioether (sulfide) groups is 1. The molecule has 0 saturated heterocycles. The normalized spacial score (nSPS) is 19.1. The molecule has 0 fully saturated rings. The summed E-state index contributed by atoms with van der Waals surface area (Å²) in [7, 11) is 1.39. The summed E-state index contributed by atoms with van der Waals surface area (Å²) in [5.74, 6) is -2.39. The standard InChI is InChI=1S/C17H20N2O6S/c1-25-17-15(22)19(7-8-26-17)10-13(20)18-12(14(21)16(23)24)9-11-5-3-2-4-6-11/h2-8,12,14,17,21H,9-10H2,1H3,(H,18,20)(H,23,24)/t12-,14?,17?/m0/s1. The third kappa shape index (κ3) is 5.32. The lowest BCUT2D eigenvalue weighted by Gasteiger charge is -2.27. The highest BCUT2D eigenvalue weighted by atomic mass is 32.2. The predicted molar refractivity (Wildman–Crippen MR) is 95.0 cm³/mol. The average molecular weight is 380 g/mol. The molecule has 2 rings (SSSR count). The molecule has 1 aromatic rings. The van der Waals surface area contributed by atoms with Gasteiger partial charge in [0.25, 0.3) is 5.91 Å². The summed E-state index contributed by atoms with van der Waals surface area (Å²) in [5, 5.41) is 23.1. The summed E-state index contributed by atoms with van der Waals surface area (Å²) < 4.78 is 5.02. The molecule has 1 aliphatic rings. The molecule has 26 heavy (non-hydrogen) atoms. The summed E-state index contributed by atoms with van der Waals surface area (Å²) in [6, 6.07) is 7.88. The number of aliphatic hydroxyl groups excluding tert-OH is 1. The van der Waals surface area contributed by atoms with E-state index in [9.17, 15) is 19.5 Å². The van der Waals surface area contributed by atoms with E-state index in [2.05, 4.69) is 5.32 Å². The van der Waals surface area contributed by atoms with Crippen molar-refractivity contribution >= 4 is 29.5 Å². The molecule has 1 aromatic carbocycles. The number of benzene rings is 1. The van der Waals surface area contributed by atoms with E-state index < -0.39 is 29.5 Å². The number of aliphatic carboxylic acids is 1. The van der Waals surface area contributed by atoms with Gasteiger partial charge in [-0.15, -0.1) is 0 Å². The number of nitrogens with one attached hydrogen (secondary N) is 1. The fraction of sp³-hybridized carbons (Fsp3) is 0.353. The third-order valence-corrected chi connectivity index (χ3v) is 4.65. The number of carbonyl (C=O) groups excluding carboxylic acids is 2. The molecular weight excluding hydrogens is 360 g/mol. The molecule has 140 valence electrons. The maximum atomic E-state index is 12.3. The van der Waals surface area contributed by atoms with Gasteiger partial charge in [0, 0.05) is 13.3 Å². The molecule has 2 amide bonds. The van der Waals surface area contributed by atoms with Crippen LogP contribution in [-0.4, -0.2) is 64.1 Å². The van der Waals surface area contributed by atoms with Crippen LogP contribution in [0.5, 0.6) is 0 Å². The van der Waals surface area contributed by atoms with E-state index in [1.807, 2.05) is 6.07 Å². The van der Waals surface area contributed by atoms with Gasteiger partial charge in [-0.25, -0.2) is 4.79 Å². The van der Waals surface area contributed by atoms with Gasteiger partial charge in [0.2, 0.25) is 5.91 Å². The van der Waals surface area contributed by atoms with Gasteiger partial charge in [0.05, 0.1) is 6.04 Å². The lowest BCUT2D eigenvalue weighted by molar-refractivity contribution is -0.149.